The Labute approximate surface area is 138 Å². The van der Waals surface area contributed by atoms with Crippen LogP contribution in [0.3, 0.4) is 0 Å². The summed E-state index contributed by atoms with van der Waals surface area (Å²) in [7, 11) is 3.68. The van der Waals surface area contributed by atoms with E-state index in [2.05, 4.69) is 5.32 Å². The van der Waals surface area contributed by atoms with Crippen molar-refractivity contribution in [3.63, 3.8) is 0 Å². The van der Waals surface area contributed by atoms with Gasteiger partial charge in [0.15, 0.2) is 5.60 Å². The van der Waals surface area contributed by atoms with Crippen LogP contribution in [0.4, 0.5) is 0 Å². The second-order valence-electron chi connectivity index (χ2n) is 6.69. The molecule has 0 bridgehead atoms. The van der Waals surface area contributed by atoms with Crippen molar-refractivity contribution in [2.45, 2.75) is 46.1 Å². The van der Waals surface area contributed by atoms with Crippen molar-refractivity contribution in [3.05, 3.63) is 22.3 Å². The third-order valence-corrected chi connectivity index (χ3v) is 5.02. The van der Waals surface area contributed by atoms with Crippen LogP contribution >= 0.6 is 0 Å². The van der Waals surface area contributed by atoms with Crippen LogP contribution in [0.15, 0.2) is 0 Å². The van der Waals surface area contributed by atoms with E-state index in [1.807, 2.05) is 41.8 Å². The standard InChI is InChI=1S/C18H28N2O3/c1-11-12(2)16-14(13(3)15(11)21)7-8-18(4,23-16)17(22)20(6)10-9-19-5/h19,21H,7-10H2,1-6H3. The first-order chi connectivity index (χ1) is 10.7. The van der Waals surface area contributed by atoms with E-state index < -0.39 is 5.60 Å². The molecule has 0 aromatic heterocycles. The average molecular weight is 320 g/mol. The topological polar surface area (TPSA) is 61.8 Å². The maximum absolute atomic E-state index is 12.8. The van der Waals surface area contributed by atoms with Gasteiger partial charge in [0.25, 0.3) is 5.91 Å². The average Bonchev–Trinajstić information content (AvgIpc) is 2.55. The molecule has 2 rings (SSSR count). The number of hydrogen-bond acceptors (Lipinski definition) is 4. The van der Waals surface area contributed by atoms with Gasteiger partial charge in [-0.1, -0.05) is 0 Å². The van der Waals surface area contributed by atoms with Crippen LogP contribution in [-0.2, 0) is 11.2 Å². The Morgan fingerprint density at radius 1 is 1.30 bits per heavy atom. The summed E-state index contributed by atoms with van der Waals surface area (Å²) in [6.45, 7) is 8.99. The summed E-state index contributed by atoms with van der Waals surface area (Å²) in [4.78, 5) is 14.5. The number of nitrogens with one attached hydrogen (secondary N) is 1. The molecule has 23 heavy (non-hydrogen) atoms. The highest BCUT2D eigenvalue weighted by molar-refractivity contribution is 5.85. The fourth-order valence-electron chi connectivity index (χ4n) is 3.18. The van der Waals surface area contributed by atoms with Gasteiger partial charge >= 0.3 is 0 Å². The molecule has 1 aromatic carbocycles. The maximum atomic E-state index is 12.8. The number of aromatic hydroxyl groups is 1. The Morgan fingerprint density at radius 3 is 2.57 bits per heavy atom. The fourth-order valence-corrected chi connectivity index (χ4v) is 3.18. The molecule has 0 fully saturated rings. The molecule has 1 atom stereocenters. The lowest BCUT2D eigenvalue weighted by atomic mass is 9.86. The number of ether oxygens (including phenoxy) is 1. The first-order valence-corrected chi connectivity index (χ1v) is 8.13. The molecule has 0 spiro atoms. The monoisotopic (exact) mass is 320 g/mol. The van der Waals surface area contributed by atoms with Crippen LogP contribution < -0.4 is 10.1 Å². The number of fused-ring (bicyclic) bond motifs is 1. The Balaban J connectivity index is 2.34. The Kier molecular flexibility index (Phi) is 4.90. The maximum Gasteiger partial charge on any atom is 0.266 e. The molecule has 0 saturated carbocycles. The molecule has 0 aliphatic carbocycles. The van der Waals surface area contributed by atoms with Crippen molar-refractivity contribution in [3.8, 4) is 11.5 Å². The van der Waals surface area contributed by atoms with E-state index >= 15 is 0 Å². The molecule has 5 heteroatoms. The highest BCUT2D eigenvalue weighted by atomic mass is 16.5. The van der Waals surface area contributed by atoms with Crippen LogP contribution in [0, 0.1) is 20.8 Å². The van der Waals surface area contributed by atoms with E-state index in [0.717, 1.165) is 41.0 Å². The summed E-state index contributed by atoms with van der Waals surface area (Å²) in [6.07, 6.45) is 1.35. The van der Waals surface area contributed by atoms with E-state index in [1.54, 1.807) is 4.90 Å². The van der Waals surface area contributed by atoms with Gasteiger partial charge in [-0.25, -0.2) is 0 Å². The van der Waals surface area contributed by atoms with Gasteiger partial charge in [0.1, 0.15) is 11.5 Å². The number of carbonyl (C=O) groups is 1. The zero-order valence-corrected chi connectivity index (χ0v) is 15.0. The predicted molar refractivity (Wildman–Crippen MR) is 91.2 cm³/mol. The molecule has 1 heterocycles. The lowest BCUT2D eigenvalue weighted by Gasteiger charge is -2.38. The minimum absolute atomic E-state index is 0.00109. The Hall–Kier alpha value is -1.75. The van der Waals surface area contributed by atoms with Crippen molar-refractivity contribution in [2.75, 3.05) is 27.2 Å². The number of rotatable bonds is 4. The van der Waals surface area contributed by atoms with E-state index in [4.69, 9.17) is 4.74 Å². The van der Waals surface area contributed by atoms with Crippen LogP contribution in [0.5, 0.6) is 11.5 Å². The predicted octanol–water partition coefficient (Wildman–Crippen LogP) is 2.08. The zero-order valence-electron chi connectivity index (χ0n) is 15.0. The molecule has 1 aliphatic heterocycles. The van der Waals surface area contributed by atoms with Gasteiger partial charge in [0.2, 0.25) is 0 Å². The van der Waals surface area contributed by atoms with Gasteiger partial charge in [-0.05, 0) is 57.9 Å². The summed E-state index contributed by atoms with van der Waals surface area (Å²) in [5.41, 5.74) is 2.77. The lowest BCUT2D eigenvalue weighted by molar-refractivity contribution is -0.146. The molecule has 0 radical (unpaired) electrons. The van der Waals surface area contributed by atoms with Crippen molar-refractivity contribution in [2.24, 2.45) is 0 Å². The molecule has 5 nitrogen and oxygen atoms in total. The quantitative estimate of drug-likeness (QED) is 0.892. The molecule has 1 unspecified atom stereocenters. The van der Waals surface area contributed by atoms with E-state index in [1.165, 1.54) is 0 Å². The molecule has 1 aromatic rings. The lowest BCUT2D eigenvalue weighted by Crippen LogP contribution is -2.52. The summed E-state index contributed by atoms with van der Waals surface area (Å²) in [5.74, 6) is 1.11. The van der Waals surface area contributed by atoms with Gasteiger partial charge in [-0.2, -0.15) is 0 Å². The minimum Gasteiger partial charge on any atom is -0.507 e. The molecular weight excluding hydrogens is 292 g/mol. The number of phenols is 1. The molecule has 0 saturated heterocycles. The largest absolute Gasteiger partial charge is 0.507 e. The zero-order chi connectivity index (χ0) is 17.4. The normalized spacial score (nSPS) is 19.9. The molecule has 128 valence electrons. The number of amides is 1. The van der Waals surface area contributed by atoms with Crippen LogP contribution in [0.1, 0.15) is 35.6 Å². The van der Waals surface area contributed by atoms with Crippen molar-refractivity contribution in [1.82, 2.24) is 10.2 Å². The molecule has 2 N–H and O–H groups in total. The van der Waals surface area contributed by atoms with Crippen LogP contribution in [0.2, 0.25) is 0 Å². The van der Waals surface area contributed by atoms with E-state index in [9.17, 15) is 9.90 Å². The number of likely N-dealkylation sites (N-methyl/N-ethyl adjacent to an activating group) is 2. The first-order valence-electron chi connectivity index (χ1n) is 8.13. The van der Waals surface area contributed by atoms with Crippen LogP contribution in [-0.4, -0.2) is 48.7 Å². The summed E-state index contributed by atoms with van der Waals surface area (Å²) < 4.78 is 6.21. The SMILES string of the molecule is CNCCN(C)C(=O)C1(C)CCc2c(C)c(O)c(C)c(C)c2O1. The van der Waals surface area contributed by atoms with Crippen LogP contribution in [0.25, 0.3) is 0 Å². The number of nitrogens with zero attached hydrogens (tertiary/aromatic N) is 1. The van der Waals surface area contributed by atoms with Gasteiger partial charge in [-0.3, -0.25) is 4.79 Å². The Morgan fingerprint density at radius 2 is 1.96 bits per heavy atom. The second kappa shape index (κ2) is 6.40. The van der Waals surface area contributed by atoms with E-state index in [0.29, 0.717) is 18.7 Å². The highest BCUT2D eigenvalue weighted by Crippen LogP contribution is 2.43. The van der Waals surface area contributed by atoms with Crippen molar-refractivity contribution < 1.29 is 14.6 Å². The Bertz CT molecular complexity index is 627. The smallest absolute Gasteiger partial charge is 0.266 e. The number of benzene rings is 1. The molecular formula is C18H28N2O3. The van der Waals surface area contributed by atoms with Gasteiger partial charge in [0.05, 0.1) is 0 Å². The number of hydrogen-bond donors (Lipinski definition) is 2. The summed E-state index contributed by atoms with van der Waals surface area (Å²) in [6, 6.07) is 0. The van der Waals surface area contributed by atoms with E-state index in [-0.39, 0.29) is 5.91 Å². The number of carbonyl (C=O) groups excluding carboxylic acids is 1. The van der Waals surface area contributed by atoms with Crippen molar-refractivity contribution >= 4 is 5.91 Å². The van der Waals surface area contributed by atoms with Crippen molar-refractivity contribution in [1.29, 1.82) is 0 Å². The third-order valence-electron chi connectivity index (χ3n) is 5.02. The number of phenolic OH excluding ortho intramolecular Hbond substituents is 1. The summed E-state index contributed by atoms with van der Waals surface area (Å²) in [5, 5.41) is 13.3. The highest BCUT2D eigenvalue weighted by Gasteiger charge is 2.42. The third kappa shape index (κ3) is 3.02. The molecule has 1 aliphatic rings. The second-order valence-corrected chi connectivity index (χ2v) is 6.69. The van der Waals surface area contributed by atoms with Gasteiger partial charge in [0, 0.05) is 32.1 Å². The molecule has 1 amide bonds. The fraction of sp³-hybridized carbons (Fsp3) is 0.611. The van der Waals surface area contributed by atoms with Gasteiger partial charge < -0.3 is 20.1 Å². The first kappa shape index (κ1) is 17.6. The minimum atomic E-state index is -0.851. The summed E-state index contributed by atoms with van der Waals surface area (Å²) >= 11 is 0. The van der Waals surface area contributed by atoms with Gasteiger partial charge in [-0.15, -0.1) is 0 Å².